The molecule has 2 N–H and O–H groups in total. The number of carbonyl (C=O) groups excluding carboxylic acids is 2. The average Bonchev–Trinajstić information content (AvgIpc) is 3.32. The van der Waals surface area contributed by atoms with Gasteiger partial charge in [0, 0.05) is 17.8 Å². The molecule has 4 aromatic rings. The molecular formula is C28H31N5O3S. The van der Waals surface area contributed by atoms with E-state index in [1.807, 2.05) is 67.8 Å². The maximum atomic E-state index is 12.9. The number of benzene rings is 3. The largest absolute Gasteiger partial charge is 0.497 e. The molecule has 1 atom stereocenters. The van der Waals surface area contributed by atoms with Crippen molar-refractivity contribution in [1.82, 2.24) is 20.1 Å². The van der Waals surface area contributed by atoms with Gasteiger partial charge in [-0.05, 0) is 60.0 Å². The molecule has 0 aliphatic rings. The number of hydrogen-bond donors (Lipinski definition) is 2. The molecule has 3 aromatic carbocycles. The monoisotopic (exact) mass is 517 g/mol. The number of anilines is 1. The van der Waals surface area contributed by atoms with Crippen molar-refractivity contribution in [1.29, 1.82) is 0 Å². The first kappa shape index (κ1) is 26.2. The van der Waals surface area contributed by atoms with Crippen LogP contribution >= 0.6 is 11.8 Å². The number of rotatable bonds is 10. The van der Waals surface area contributed by atoms with Crippen LogP contribution in [0, 0.1) is 5.92 Å². The number of ether oxygens (including phenoxy) is 1. The highest BCUT2D eigenvalue weighted by molar-refractivity contribution is 7.99. The van der Waals surface area contributed by atoms with E-state index in [2.05, 4.69) is 20.8 Å². The molecule has 0 bridgehead atoms. The second-order valence-electron chi connectivity index (χ2n) is 8.91. The summed E-state index contributed by atoms with van der Waals surface area (Å²) in [7, 11) is 1.59. The van der Waals surface area contributed by atoms with Crippen molar-refractivity contribution in [3.63, 3.8) is 0 Å². The second-order valence-corrected chi connectivity index (χ2v) is 9.85. The van der Waals surface area contributed by atoms with Gasteiger partial charge in [0.15, 0.2) is 11.0 Å². The standard InChI is InChI=1S/C28H31N5O3S/c1-5-33-26(25(18(2)3)30-27(35)20-11-14-23(36-4)15-12-20)31-32-28(33)37-17-24(34)29-22-13-10-19-8-6-7-9-21(19)16-22/h6-16,18,25H,5,17H2,1-4H3,(H,29,34)(H,30,35). The van der Waals surface area contributed by atoms with Crippen molar-refractivity contribution in [2.24, 2.45) is 5.92 Å². The van der Waals surface area contributed by atoms with Crippen molar-refractivity contribution in [3.05, 3.63) is 78.1 Å². The van der Waals surface area contributed by atoms with Crippen molar-refractivity contribution in [2.45, 2.75) is 38.5 Å². The number of carbonyl (C=O) groups is 2. The van der Waals surface area contributed by atoms with Crippen LogP contribution in [0.3, 0.4) is 0 Å². The lowest BCUT2D eigenvalue weighted by Gasteiger charge is -2.22. The molecule has 1 heterocycles. The van der Waals surface area contributed by atoms with E-state index in [9.17, 15) is 9.59 Å². The van der Waals surface area contributed by atoms with Gasteiger partial charge in [0.25, 0.3) is 5.91 Å². The fourth-order valence-corrected chi connectivity index (χ4v) is 4.83. The van der Waals surface area contributed by atoms with E-state index in [0.29, 0.717) is 28.8 Å². The molecule has 0 spiro atoms. The van der Waals surface area contributed by atoms with Crippen molar-refractivity contribution < 1.29 is 14.3 Å². The molecule has 4 rings (SSSR count). The number of fused-ring (bicyclic) bond motifs is 1. The third-order valence-corrected chi connectivity index (χ3v) is 6.98. The first-order valence-electron chi connectivity index (χ1n) is 12.2. The summed E-state index contributed by atoms with van der Waals surface area (Å²) >= 11 is 1.32. The van der Waals surface area contributed by atoms with Crippen LogP contribution in [0.2, 0.25) is 0 Å². The molecule has 1 unspecified atom stereocenters. The Morgan fingerprint density at radius 2 is 1.73 bits per heavy atom. The lowest BCUT2D eigenvalue weighted by molar-refractivity contribution is -0.113. The Labute approximate surface area is 220 Å². The number of aromatic nitrogens is 3. The van der Waals surface area contributed by atoms with E-state index in [4.69, 9.17) is 4.74 Å². The van der Waals surface area contributed by atoms with E-state index in [0.717, 1.165) is 16.5 Å². The zero-order valence-corrected chi connectivity index (χ0v) is 22.2. The van der Waals surface area contributed by atoms with E-state index in [1.165, 1.54) is 11.8 Å². The van der Waals surface area contributed by atoms with Gasteiger partial charge in [0.2, 0.25) is 5.91 Å². The van der Waals surface area contributed by atoms with Crippen molar-refractivity contribution >= 4 is 40.0 Å². The number of nitrogens with zero attached hydrogens (tertiary/aromatic N) is 3. The number of nitrogens with one attached hydrogen (secondary N) is 2. The molecule has 192 valence electrons. The van der Waals surface area contributed by atoms with Crippen LogP contribution < -0.4 is 15.4 Å². The molecule has 2 amide bonds. The van der Waals surface area contributed by atoms with Gasteiger partial charge >= 0.3 is 0 Å². The minimum absolute atomic E-state index is 0.0748. The van der Waals surface area contributed by atoms with Crippen LogP contribution in [0.25, 0.3) is 10.8 Å². The van der Waals surface area contributed by atoms with Gasteiger partial charge in [-0.3, -0.25) is 9.59 Å². The fourth-order valence-electron chi connectivity index (χ4n) is 4.02. The zero-order valence-electron chi connectivity index (χ0n) is 21.4. The molecule has 0 fully saturated rings. The first-order valence-corrected chi connectivity index (χ1v) is 13.2. The number of methoxy groups -OCH3 is 1. The van der Waals surface area contributed by atoms with Crippen LogP contribution in [-0.4, -0.2) is 39.4 Å². The predicted octanol–water partition coefficient (Wildman–Crippen LogP) is 5.32. The van der Waals surface area contributed by atoms with Gasteiger partial charge in [-0.15, -0.1) is 10.2 Å². The summed E-state index contributed by atoms with van der Waals surface area (Å²) in [5.74, 6) is 1.29. The third kappa shape index (κ3) is 6.29. The smallest absolute Gasteiger partial charge is 0.251 e. The van der Waals surface area contributed by atoms with Gasteiger partial charge in [-0.25, -0.2) is 0 Å². The van der Waals surface area contributed by atoms with Gasteiger partial charge in [0.05, 0.1) is 18.9 Å². The van der Waals surface area contributed by atoms with Gasteiger partial charge in [0.1, 0.15) is 5.75 Å². The molecule has 0 saturated heterocycles. The number of thioether (sulfide) groups is 1. The summed E-state index contributed by atoms with van der Waals surface area (Å²) in [6.45, 7) is 6.66. The Morgan fingerprint density at radius 3 is 2.41 bits per heavy atom. The maximum absolute atomic E-state index is 12.9. The highest BCUT2D eigenvalue weighted by Gasteiger charge is 2.26. The van der Waals surface area contributed by atoms with Crippen molar-refractivity contribution in [2.75, 3.05) is 18.2 Å². The lowest BCUT2D eigenvalue weighted by atomic mass is 10.0. The Morgan fingerprint density at radius 1 is 1.00 bits per heavy atom. The molecular weight excluding hydrogens is 486 g/mol. The van der Waals surface area contributed by atoms with E-state index in [-0.39, 0.29) is 29.5 Å². The predicted molar refractivity (Wildman–Crippen MR) is 147 cm³/mol. The Kier molecular flexibility index (Phi) is 8.45. The Balaban J connectivity index is 1.43. The zero-order chi connectivity index (χ0) is 26.4. The molecule has 0 saturated carbocycles. The van der Waals surface area contributed by atoms with E-state index >= 15 is 0 Å². The highest BCUT2D eigenvalue weighted by Crippen LogP contribution is 2.26. The Bertz CT molecular complexity index is 1380. The van der Waals surface area contributed by atoms with Crippen LogP contribution in [0.15, 0.2) is 71.9 Å². The molecule has 1 aromatic heterocycles. The number of amides is 2. The molecule has 0 aliphatic heterocycles. The van der Waals surface area contributed by atoms with Gasteiger partial charge in [-0.2, -0.15) is 0 Å². The summed E-state index contributed by atoms with van der Waals surface area (Å²) in [6, 6.07) is 20.5. The molecule has 0 radical (unpaired) electrons. The van der Waals surface area contributed by atoms with E-state index in [1.54, 1.807) is 31.4 Å². The summed E-state index contributed by atoms with van der Waals surface area (Å²) in [5.41, 5.74) is 1.29. The topological polar surface area (TPSA) is 98.1 Å². The van der Waals surface area contributed by atoms with Crippen LogP contribution in [0.5, 0.6) is 5.75 Å². The second kappa shape index (κ2) is 11.9. The normalized spacial score (nSPS) is 11.9. The summed E-state index contributed by atoms with van der Waals surface area (Å²) in [5, 5.41) is 17.6. The van der Waals surface area contributed by atoms with Crippen LogP contribution in [0.4, 0.5) is 5.69 Å². The molecule has 8 nitrogen and oxygen atoms in total. The van der Waals surface area contributed by atoms with E-state index < -0.39 is 0 Å². The minimum atomic E-state index is -0.345. The highest BCUT2D eigenvalue weighted by atomic mass is 32.2. The molecule has 37 heavy (non-hydrogen) atoms. The summed E-state index contributed by atoms with van der Waals surface area (Å²) in [6.07, 6.45) is 0. The summed E-state index contributed by atoms with van der Waals surface area (Å²) in [4.78, 5) is 25.6. The van der Waals surface area contributed by atoms with Crippen LogP contribution in [-0.2, 0) is 11.3 Å². The third-order valence-electron chi connectivity index (χ3n) is 6.01. The number of hydrogen-bond acceptors (Lipinski definition) is 6. The first-order chi connectivity index (χ1) is 17.9. The summed E-state index contributed by atoms with van der Waals surface area (Å²) < 4.78 is 7.13. The maximum Gasteiger partial charge on any atom is 0.251 e. The van der Waals surface area contributed by atoms with Gasteiger partial charge < -0.3 is 19.9 Å². The minimum Gasteiger partial charge on any atom is -0.497 e. The quantitative estimate of drug-likeness (QED) is 0.276. The van der Waals surface area contributed by atoms with Crippen molar-refractivity contribution in [3.8, 4) is 5.75 Å². The Hall–Kier alpha value is -3.85. The van der Waals surface area contributed by atoms with Gasteiger partial charge in [-0.1, -0.05) is 55.9 Å². The fraction of sp³-hybridized carbons (Fsp3) is 0.286. The van der Waals surface area contributed by atoms with Crippen LogP contribution in [0.1, 0.15) is 43.0 Å². The molecule has 9 heteroatoms. The SMILES string of the molecule is CCn1c(SCC(=O)Nc2ccc3ccccc3c2)nnc1C(NC(=O)c1ccc(OC)cc1)C(C)C. The molecule has 0 aliphatic carbocycles. The average molecular weight is 518 g/mol. The lowest BCUT2D eigenvalue weighted by Crippen LogP contribution is -2.33.